The van der Waals surface area contributed by atoms with Crippen LogP contribution in [0.15, 0.2) is 24.7 Å². The number of piperazine rings is 1. The van der Waals surface area contributed by atoms with E-state index in [1.165, 1.54) is 19.3 Å². The maximum atomic E-state index is 13.4. The molecule has 20 heteroatoms. The number of nitrogens with one attached hydrogen (secondary N) is 2. The number of carbonyl (C=O) groups excluding carboxylic acids is 1. The smallest absolute Gasteiger partial charge is 0.475 e. The minimum absolute atomic E-state index is 0.0215. The van der Waals surface area contributed by atoms with Gasteiger partial charge < -0.3 is 20.6 Å². The summed E-state index contributed by atoms with van der Waals surface area (Å²) in [5.41, 5.74) is -2.16. The molecule has 1 unspecified atom stereocenters. The van der Waals surface area contributed by atoms with E-state index < -0.39 is 47.8 Å². The summed E-state index contributed by atoms with van der Waals surface area (Å²) in [6.07, 6.45) is -11.0. The van der Waals surface area contributed by atoms with Crippen LogP contribution in [0.1, 0.15) is 16.1 Å². The van der Waals surface area contributed by atoms with Gasteiger partial charge in [0.25, 0.3) is 5.91 Å². The molecule has 0 aromatic carbocycles. The van der Waals surface area contributed by atoms with E-state index in [2.05, 4.69) is 25.8 Å². The molecule has 214 valence electrons. The van der Waals surface area contributed by atoms with E-state index in [0.717, 1.165) is 26.5 Å². The molecule has 4 heterocycles. The van der Waals surface area contributed by atoms with Crippen LogP contribution in [0.2, 0.25) is 0 Å². The number of hydrogen-bond donors (Lipinski definition) is 3. The number of amides is 1. The lowest BCUT2D eigenvalue weighted by Crippen LogP contribution is -2.58. The Morgan fingerprint density at radius 1 is 1.13 bits per heavy atom. The van der Waals surface area contributed by atoms with Crippen LogP contribution in [0, 0.1) is 0 Å². The van der Waals surface area contributed by atoms with E-state index in [1.807, 2.05) is 0 Å². The number of carboxylic acid groups (broad SMARTS) is 1. The third-order valence-electron chi connectivity index (χ3n) is 5.10. The Morgan fingerprint density at radius 2 is 1.77 bits per heavy atom. The molecule has 3 aromatic heterocycles. The minimum Gasteiger partial charge on any atom is -0.475 e. The Bertz CT molecular complexity index is 1350. The van der Waals surface area contributed by atoms with Gasteiger partial charge in [-0.1, -0.05) is 0 Å². The molecule has 0 spiro atoms. The Kier molecular flexibility index (Phi) is 7.99. The topological polar surface area (TPSA) is 130 Å². The third kappa shape index (κ3) is 6.86. The summed E-state index contributed by atoms with van der Waals surface area (Å²) in [4.78, 5) is 26.8. The number of carbonyl (C=O) groups is 2. The second kappa shape index (κ2) is 10.6. The Morgan fingerprint density at radius 3 is 2.33 bits per heavy atom. The van der Waals surface area contributed by atoms with Crippen molar-refractivity contribution in [2.45, 2.75) is 24.6 Å². The van der Waals surface area contributed by atoms with E-state index in [1.54, 1.807) is 0 Å². The van der Waals surface area contributed by atoms with Gasteiger partial charge in [0.15, 0.2) is 11.3 Å². The van der Waals surface area contributed by atoms with Gasteiger partial charge in [-0.05, 0) is 6.07 Å². The molecule has 3 N–H and O–H groups in total. The first-order chi connectivity index (χ1) is 17.9. The van der Waals surface area contributed by atoms with Crippen LogP contribution >= 0.6 is 0 Å². The largest absolute Gasteiger partial charge is 0.490 e. The van der Waals surface area contributed by atoms with E-state index in [-0.39, 0.29) is 30.1 Å². The highest BCUT2D eigenvalue weighted by Gasteiger charge is 2.45. The number of hydrogen-bond acceptors (Lipinski definition) is 7. The van der Waals surface area contributed by atoms with Crippen LogP contribution in [0.3, 0.4) is 0 Å². The Balaban J connectivity index is 0.000000532. The van der Waals surface area contributed by atoms with Gasteiger partial charge in [0.2, 0.25) is 0 Å². The summed E-state index contributed by atoms with van der Waals surface area (Å²) in [6.45, 7) is -0.00882. The van der Waals surface area contributed by atoms with Crippen molar-refractivity contribution in [3.63, 3.8) is 0 Å². The maximum absolute atomic E-state index is 13.4. The molecule has 0 saturated carbocycles. The van der Waals surface area contributed by atoms with E-state index in [0.29, 0.717) is 6.54 Å². The van der Waals surface area contributed by atoms with Crippen molar-refractivity contribution in [3.05, 3.63) is 35.9 Å². The quantitative estimate of drug-likeness (QED) is 0.406. The van der Waals surface area contributed by atoms with Crippen molar-refractivity contribution >= 4 is 29.0 Å². The molecule has 0 bridgehead atoms. The van der Waals surface area contributed by atoms with Crippen molar-refractivity contribution in [1.29, 1.82) is 0 Å². The van der Waals surface area contributed by atoms with Gasteiger partial charge in [-0.3, -0.25) is 9.48 Å². The maximum Gasteiger partial charge on any atom is 0.490 e. The highest BCUT2D eigenvalue weighted by atomic mass is 19.4. The molecule has 0 aliphatic carbocycles. The highest BCUT2D eigenvalue weighted by Crippen LogP contribution is 2.34. The number of fused-ring (bicyclic) bond motifs is 1. The molecule has 3 aromatic rings. The number of aliphatic carboxylic acids is 1. The monoisotopic (exact) mass is 576 g/mol. The fourth-order valence-corrected chi connectivity index (χ4v) is 3.43. The first kappa shape index (κ1) is 29.5. The average Bonchev–Trinajstić information content (AvgIpc) is 3.41. The molecule has 1 fully saturated rings. The van der Waals surface area contributed by atoms with E-state index in [4.69, 9.17) is 9.90 Å². The van der Waals surface area contributed by atoms with Crippen molar-refractivity contribution in [2.75, 3.05) is 29.9 Å². The standard InChI is InChI=1S/C17H16F6N8O.C2HF3O2/c1-29-8-10(13(28-29)17(21,22)23)26-15(32)9-6-25-31-4-2-12(27-14(9)31)30-5-3-24-7-11(30)16(18,19)20;3-2(4,5)1(6)7/h2,4,6,8,11,24H,3,5,7H2,1H3,(H,26,32);(H,6,7). The molecular weight excluding hydrogens is 559 g/mol. The molecule has 0 radical (unpaired) electrons. The van der Waals surface area contributed by atoms with Crippen LogP contribution in [0.5, 0.6) is 0 Å². The Labute approximate surface area is 211 Å². The van der Waals surface area contributed by atoms with Gasteiger partial charge in [0, 0.05) is 39.1 Å². The summed E-state index contributed by atoms with van der Waals surface area (Å²) >= 11 is 0. The summed E-state index contributed by atoms with van der Waals surface area (Å²) in [6, 6.07) is -0.495. The number of carboxylic acids is 1. The Hall–Kier alpha value is -4.10. The van der Waals surface area contributed by atoms with Crippen molar-refractivity contribution < 1.29 is 54.2 Å². The molecule has 39 heavy (non-hydrogen) atoms. The van der Waals surface area contributed by atoms with Crippen LogP contribution in [0.25, 0.3) is 5.65 Å². The van der Waals surface area contributed by atoms with Crippen LogP contribution in [-0.2, 0) is 18.0 Å². The lowest BCUT2D eigenvalue weighted by atomic mass is 10.2. The van der Waals surface area contributed by atoms with E-state index >= 15 is 0 Å². The van der Waals surface area contributed by atoms with Gasteiger partial charge in [0.1, 0.15) is 17.4 Å². The lowest BCUT2D eigenvalue weighted by Gasteiger charge is -2.37. The van der Waals surface area contributed by atoms with Crippen LogP contribution < -0.4 is 15.5 Å². The van der Waals surface area contributed by atoms with Gasteiger partial charge in [-0.2, -0.15) is 49.7 Å². The fraction of sp³-hybridized carbons (Fsp3) is 0.421. The summed E-state index contributed by atoms with van der Waals surface area (Å²) in [5, 5.41) is 19.1. The number of anilines is 2. The third-order valence-corrected chi connectivity index (χ3v) is 5.10. The molecule has 1 atom stereocenters. The van der Waals surface area contributed by atoms with Crippen molar-refractivity contribution in [3.8, 4) is 0 Å². The number of nitrogens with zero attached hydrogens (tertiary/aromatic N) is 6. The second-order valence-electron chi connectivity index (χ2n) is 7.89. The molecule has 1 aliphatic heterocycles. The SMILES string of the molecule is Cn1cc(NC(=O)c2cnn3ccc(N4CCNCC4C(F)(F)F)nc23)c(C(F)(F)F)n1.O=C(O)C(F)(F)F. The molecule has 11 nitrogen and oxygen atoms in total. The molecule has 1 saturated heterocycles. The predicted octanol–water partition coefficient (Wildman–Crippen LogP) is 2.71. The predicted molar refractivity (Wildman–Crippen MR) is 113 cm³/mol. The first-order valence-electron chi connectivity index (χ1n) is 10.5. The first-order valence-corrected chi connectivity index (χ1v) is 10.5. The van der Waals surface area contributed by atoms with Crippen molar-refractivity contribution in [2.24, 2.45) is 7.05 Å². The van der Waals surface area contributed by atoms with Gasteiger partial charge in [0.05, 0.1) is 11.9 Å². The van der Waals surface area contributed by atoms with Crippen molar-refractivity contribution in [1.82, 2.24) is 29.7 Å². The zero-order valence-electron chi connectivity index (χ0n) is 19.4. The number of halogens is 9. The molecule has 1 amide bonds. The van der Waals surface area contributed by atoms with Gasteiger partial charge in [-0.15, -0.1) is 0 Å². The normalized spacial score (nSPS) is 16.6. The number of rotatable bonds is 3. The molecule has 4 rings (SSSR count). The lowest BCUT2D eigenvalue weighted by molar-refractivity contribution is -0.192. The zero-order valence-corrected chi connectivity index (χ0v) is 19.4. The molecule has 1 aliphatic rings. The zero-order chi connectivity index (χ0) is 29.3. The average molecular weight is 576 g/mol. The number of alkyl halides is 9. The van der Waals surface area contributed by atoms with E-state index in [9.17, 15) is 44.3 Å². The fourth-order valence-electron chi connectivity index (χ4n) is 3.43. The van der Waals surface area contributed by atoms with Gasteiger partial charge >= 0.3 is 24.5 Å². The van der Waals surface area contributed by atoms with Gasteiger partial charge in [-0.25, -0.2) is 14.3 Å². The number of aromatic nitrogens is 5. The molecular formula is C19H17F9N8O3. The number of aryl methyl sites for hydroxylation is 1. The highest BCUT2D eigenvalue weighted by molar-refractivity contribution is 6.08. The summed E-state index contributed by atoms with van der Waals surface area (Å²) in [7, 11) is 1.26. The minimum atomic E-state index is -5.08. The summed E-state index contributed by atoms with van der Waals surface area (Å²) < 4.78 is 113. The van der Waals surface area contributed by atoms with Crippen LogP contribution in [-0.4, -0.2) is 79.4 Å². The van der Waals surface area contributed by atoms with Crippen LogP contribution in [0.4, 0.5) is 51.0 Å². The second-order valence-corrected chi connectivity index (χ2v) is 7.89. The summed E-state index contributed by atoms with van der Waals surface area (Å²) in [5.74, 6) is -3.75.